The van der Waals surface area contributed by atoms with Crippen molar-refractivity contribution in [3.63, 3.8) is 0 Å². The van der Waals surface area contributed by atoms with E-state index in [1.54, 1.807) is 0 Å². The number of hydrogen-bond donors (Lipinski definition) is 1. The molecule has 0 bridgehead atoms. The minimum atomic E-state index is -1.35. The van der Waals surface area contributed by atoms with Crippen LogP contribution in [0.1, 0.15) is 40.4 Å². The Morgan fingerprint density at radius 1 is 1.03 bits per heavy atom. The number of piperidine rings is 1. The lowest BCUT2D eigenvalue weighted by molar-refractivity contribution is 0.0691. The molecular weight excluding hydrogens is 429 g/mol. The monoisotopic (exact) mass is 453 g/mol. The topological polar surface area (TPSA) is 49.8 Å². The molecule has 166 valence electrons. The molecule has 0 aliphatic carbocycles. The first kappa shape index (κ1) is 22.3. The second-order valence-corrected chi connectivity index (χ2v) is 8.49. The lowest BCUT2D eigenvalue weighted by atomic mass is 9.91. The van der Waals surface area contributed by atoms with Crippen molar-refractivity contribution in [2.75, 3.05) is 19.7 Å². The van der Waals surface area contributed by atoms with Gasteiger partial charge in [0.1, 0.15) is 11.6 Å². The number of carboxylic acid groups (broad SMARTS) is 1. The molecule has 0 saturated carbocycles. The first-order valence-electron chi connectivity index (χ1n) is 10.7. The zero-order valence-corrected chi connectivity index (χ0v) is 18.3. The fourth-order valence-electron chi connectivity index (χ4n) is 4.27. The quantitative estimate of drug-likeness (QED) is 0.472. The molecule has 0 unspecified atom stereocenters. The van der Waals surface area contributed by atoms with Gasteiger partial charge in [0.25, 0.3) is 0 Å². The van der Waals surface area contributed by atoms with E-state index in [1.807, 2.05) is 12.1 Å². The summed E-state index contributed by atoms with van der Waals surface area (Å²) >= 11 is 6.10. The van der Waals surface area contributed by atoms with Crippen LogP contribution < -0.4 is 4.74 Å². The van der Waals surface area contributed by atoms with Gasteiger partial charge in [-0.25, -0.2) is 9.18 Å². The molecule has 1 saturated heterocycles. The third-order valence-corrected chi connectivity index (χ3v) is 6.27. The Hall–Kier alpha value is -2.89. The summed E-state index contributed by atoms with van der Waals surface area (Å²) in [6.07, 6.45) is 1.90. The average molecular weight is 454 g/mol. The summed E-state index contributed by atoms with van der Waals surface area (Å²) in [4.78, 5) is 13.5. The van der Waals surface area contributed by atoms with Gasteiger partial charge in [0, 0.05) is 6.07 Å². The van der Waals surface area contributed by atoms with E-state index in [4.69, 9.17) is 21.4 Å². The molecule has 3 aromatic rings. The van der Waals surface area contributed by atoms with E-state index in [1.165, 1.54) is 11.1 Å². The molecule has 1 fully saturated rings. The third kappa shape index (κ3) is 5.12. The van der Waals surface area contributed by atoms with Crippen LogP contribution in [0.25, 0.3) is 0 Å². The van der Waals surface area contributed by atoms with Crippen LogP contribution in [-0.4, -0.2) is 35.7 Å². The van der Waals surface area contributed by atoms with Crippen LogP contribution in [0.2, 0.25) is 5.02 Å². The second-order valence-electron chi connectivity index (χ2n) is 8.08. The van der Waals surface area contributed by atoms with Crippen LogP contribution in [0.15, 0.2) is 72.8 Å². The molecule has 0 spiro atoms. The fraction of sp³-hybridized carbons (Fsp3) is 0.269. The summed E-state index contributed by atoms with van der Waals surface area (Å²) in [6, 6.07) is 23.4. The third-order valence-electron chi connectivity index (χ3n) is 5.97. The van der Waals surface area contributed by atoms with Gasteiger partial charge in [0.15, 0.2) is 0 Å². The number of carbonyl (C=O) groups is 1. The standard InChI is InChI=1S/C26H25ClFNO3/c27-22-15-21(26(30)31)23(28)16-24(22)32-17-18-11-13-29(14-12-18)25(19-7-3-1-4-8-19)20-9-5-2-6-10-20/h1-10,15-16,18,25H,11-14,17H2,(H,30,31). The fourth-order valence-corrected chi connectivity index (χ4v) is 4.49. The Labute approximate surface area is 192 Å². The van der Waals surface area contributed by atoms with Gasteiger partial charge in [0.05, 0.1) is 23.2 Å². The maximum Gasteiger partial charge on any atom is 0.338 e. The zero-order valence-electron chi connectivity index (χ0n) is 17.6. The van der Waals surface area contributed by atoms with Crippen molar-refractivity contribution in [2.45, 2.75) is 18.9 Å². The van der Waals surface area contributed by atoms with Crippen molar-refractivity contribution in [3.8, 4) is 5.75 Å². The van der Waals surface area contributed by atoms with Crippen LogP contribution in [0.5, 0.6) is 5.75 Å². The van der Waals surface area contributed by atoms with Crippen LogP contribution in [-0.2, 0) is 0 Å². The molecule has 1 aliphatic rings. The lowest BCUT2D eigenvalue weighted by Crippen LogP contribution is -2.38. The molecular formula is C26H25ClFNO3. The molecule has 0 amide bonds. The number of benzene rings is 3. The molecule has 0 atom stereocenters. The molecule has 1 aliphatic heterocycles. The maximum absolute atomic E-state index is 14.0. The summed E-state index contributed by atoms with van der Waals surface area (Å²) in [7, 11) is 0. The Kier molecular flexibility index (Phi) is 7.08. The van der Waals surface area contributed by atoms with E-state index < -0.39 is 17.3 Å². The van der Waals surface area contributed by atoms with Crippen molar-refractivity contribution >= 4 is 17.6 Å². The lowest BCUT2D eigenvalue weighted by Gasteiger charge is -2.38. The molecule has 4 nitrogen and oxygen atoms in total. The number of halogens is 2. The van der Waals surface area contributed by atoms with Gasteiger partial charge in [-0.1, -0.05) is 72.3 Å². The molecule has 1 heterocycles. The molecule has 1 N–H and O–H groups in total. The number of carboxylic acids is 1. The Morgan fingerprint density at radius 2 is 1.59 bits per heavy atom. The smallest absolute Gasteiger partial charge is 0.338 e. The number of hydrogen-bond acceptors (Lipinski definition) is 3. The van der Waals surface area contributed by atoms with Gasteiger partial charge >= 0.3 is 5.97 Å². The highest BCUT2D eigenvalue weighted by atomic mass is 35.5. The normalized spacial score (nSPS) is 15.1. The number of nitrogens with zero attached hydrogens (tertiary/aromatic N) is 1. The Bertz CT molecular complexity index is 1010. The predicted octanol–water partition coefficient (Wildman–Crippen LogP) is 6.06. The second kappa shape index (κ2) is 10.2. The van der Waals surface area contributed by atoms with Crippen LogP contribution in [0.3, 0.4) is 0 Å². The highest BCUT2D eigenvalue weighted by Crippen LogP contribution is 2.33. The number of aromatic carboxylic acids is 1. The van der Waals surface area contributed by atoms with E-state index >= 15 is 0 Å². The number of likely N-dealkylation sites (tertiary alicyclic amines) is 1. The van der Waals surface area contributed by atoms with Crippen molar-refractivity contribution in [2.24, 2.45) is 5.92 Å². The molecule has 3 aromatic carbocycles. The van der Waals surface area contributed by atoms with Gasteiger partial charge in [-0.3, -0.25) is 4.90 Å². The number of ether oxygens (including phenoxy) is 1. The maximum atomic E-state index is 14.0. The van der Waals surface area contributed by atoms with E-state index in [0.29, 0.717) is 12.5 Å². The van der Waals surface area contributed by atoms with Gasteiger partial charge in [-0.15, -0.1) is 0 Å². The molecule has 6 heteroatoms. The SMILES string of the molecule is O=C(O)c1cc(Cl)c(OCC2CCN(C(c3ccccc3)c3ccccc3)CC2)cc1F. The minimum absolute atomic E-state index is 0.106. The molecule has 4 rings (SSSR count). The van der Waals surface area contributed by atoms with E-state index in [0.717, 1.165) is 38.1 Å². The molecule has 32 heavy (non-hydrogen) atoms. The van der Waals surface area contributed by atoms with Crippen LogP contribution in [0, 0.1) is 11.7 Å². The van der Waals surface area contributed by atoms with E-state index in [2.05, 4.69) is 53.4 Å². The van der Waals surface area contributed by atoms with Gasteiger partial charge in [-0.2, -0.15) is 0 Å². The number of rotatable bonds is 7. The zero-order chi connectivity index (χ0) is 22.5. The minimum Gasteiger partial charge on any atom is -0.492 e. The van der Waals surface area contributed by atoms with Crippen LogP contribution >= 0.6 is 11.6 Å². The summed E-state index contributed by atoms with van der Waals surface area (Å²) in [6.45, 7) is 2.26. The van der Waals surface area contributed by atoms with E-state index in [-0.39, 0.29) is 16.8 Å². The molecule has 0 radical (unpaired) electrons. The Balaban J connectivity index is 1.40. The largest absolute Gasteiger partial charge is 0.492 e. The summed E-state index contributed by atoms with van der Waals surface area (Å²) in [5, 5.41) is 9.11. The van der Waals surface area contributed by atoms with Crippen molar-refractivity contribution in [1.29, 1.82) is 0 Å². The predicted molar refractivity (Wildman–Crippen MR) is 123 cm³/mol. The van der Waals surface area contributed by atoms with Crippen molar-refractivity contribution in [1.82, 2.24) is 4.90 Å². The van der Waals surface area contributed by atoms with Crippen LogP contribution in [0.4, 0.5) is 4.39 Å². The average Bonchev–Trinajstić information content (AvgIpc) is 2.81. The van der Waals surface area contributed by atoms with Gasteiger partial charge < -0.3 is 9.84 Å². The first-order valence-corrected chi connectivity index (χ1v) is 11.1. The first-order chi connectivity index (χ1) is 15.5. The van der Waals surface area contributed by atoms with Gasteiger partial charge in [-0.05, 0) is 49.0 Å². The van der Waals surface area contributed by atoms with Gasteiger partial charge in [0.2, 0.25) is 0 Å². The highest BCUT2D eigenvalue weighted by Gasteiger charge is 2.28. The van der Waals surface area contributed by atoms with E-state index in [9.17, 15) is 9.18 Å². The highest BCUT2D eigenvalue weighted by molar-refractivity contribution is 6.32. The summed E-state index contributed by atoms with van der Waals surface area (Å²) < 4.78 is 19.8. The van der Waals surface area contributed by atoms with Crippen molar-refractivity contribution in [3.05, 3.63) is 100 Å². The summed E-state index contributed by atoms with van der Waals surface area (Å²) in [5.41, 5.74) is 2.09. The molecule has 0 aromatic heterocycles. The Morgan fingerprint density at radius 3 is 2.12 bits per heavy atom. The van der Waals surface area contributed by atoms with Crippen molar-refractivity contribution < 1.29 is 19.0 Å². The summed E-state index contributed by atoms with van der Waals surface area (Å²) in [5.74, 6) is -1.70.